The van der Waals surface area contributed by atoms with Crippen molar-refractivity contribution in [2.75, 3.05) is 0 Å². The number of aldehydes is 1. The molecule has 0 radical (unpaired) electrons. The van der Waals surface area contributed by atoms with Crippen molar-refractivity contribution in [2.45, 2.75) is 24.5 Å². The summed E-state index contributed by atoms with van der Waals surface area (Å²) in [5.41, 5.74) is 2.86. The van der Waals surface area contributed by atoms with Crippen molar-refractivity contribution in [3.8, 4) is 5.69 Å². The Morgan fingerprint density at radius 3 is 2.53 bits per heavy atom. The molecule has 5 heteroatoms. The second kappa shape index (κ2) is 5.57. The van der Waals surface area contributed by atoms with Gasteiger partial charge in [-0.3, -0.25) is 4.79 Å². The highest BCUT2D eigenvalue weighted by Gasteiger charge is 2.15. The minimum Gasteiger partial charge on any atom is -0.317 e. The van der Waals surface area contributed by atoms with E-state index in [1.165, 1.54) is 0 Å². The molecular formula is C14H13F2NOS. The maximum Gasteiger partial charge on any atom is 0.288 e. The highest BCUT2D eigenvalue weighted by Crippen LogP contribution is 2.32. The molecule has 2 aromatic rings. The van der Waals surface area contributed by atoms with Crippen molar-refractivity contribution in [2.24, 2.45) is 0 Å². The van der Waals surface area contributed by atoms with Crippen molar-refractivity contribution in [1.82, 2.24) is 4.57 Å². The number of aryl methyl sites for hydroxylation is 1. The first-order valence-electron chi connectivity index (χ1n) is 5.73. The van der Waals surface area contributed by atoms with Crippen molar-refractivity contribution in [1.29, 1.82) is 0 Å². The highest BCUT2D eigenvalue weighted by atomic mass is 32.2. The number of hydrogen-bond donors (Lipinski definition) is 0. The average Bonchev–Trinajstić information content (AvgIpc) is 2.65. The first-order chi connectivity index (χ1) is 9.04. The Kier molecular flexibility index (Phi) is 4.04. The van der Waals surface area contributed by atoms with Crippen LogP contribution in [0.3, 0.4) is 0 Å². The normalized spacial score (nSPS) is 11.0. The third-order valence-electron chi connectivity index (χ3n) is 2.92. The third-order valence-corrected chi connectivity index (χ3v) is 3.70. The van der Waals surface area contributed by atoms with Crippen LogP contribution in [0.4, 0.5) is 8.78 Å². The average molecular weight is 281 g/mol. The Labute approximate surface area is 114 Å². The van der Waals surface area contributed by atoms with E-state index >= 15 is 0 Å². The molecule has 0 unspecified atom stereocenters. The number of halogens is 2. The quantitative estimate of drug-likeness (QED) is 0.618. The third kappa shape index (κ3) is 2.71. The minimum atomic E-state index is -2.47. The minimum absolute atomic E-state index is 0.497. The van der Waals surface area contributed by atoms with Crippen LogP contribution in [-0.2, 0) is 0 Å². The van der Waals surface area contributed by atoms with Gasteiger partial charge in [0, 0.05) is 21.8 Å². The van der Waals surface area contributed by atoms with Crippen LogP contribution in [0.25, 0.3) is 5.69 Å². The largest absolute Gasteiger partial charge is 0.317 e. The van der Waals surface area contributed by atoms with Crippen molar-refractivity contribution in [3.05, 3.63) is 47.3 Å². The van der Waals surface area contributed by atoms with Crippen LogP contribution >= 0.6 is 11.8 Å². The smallest absolute Gasteiger partial charge is 0.288 e. The number of rotatable bonds is 4. The number of benzene rings is 1. The van der Waals surface area contributed by atoms with E-state index in [4.69, 9.17) is 0 Å². The van der Waals surface area contributed by atoms with Crippen LogP contribution in [0.1, 0.15) is 21.7 Å². The lowest BCUT2D eigenvalue weighted by atomic mass is 10.2. The summed E-state index contributed by atoms with van der Waals surface area (Å²) in [5.74, 6) is -2.47. The summed E-state index contributed by atoms with van der Waals surface area (Å²) < 4.78 is 27.0. The number of hydrogen-bond acceptors (Lipinski definition) is 2. The zero-order valence-corrected chi connectivity index (χ0v) is 11.4. The number of alkyl halides is 2. The molecule has 0 aliphatic carbocycles. The van der Waals surface area contributed by atoms with Crippen LogP contribution in [0, 0.1) is 13.8 Å². The van der Waals surface area contributed by atoms with E-state index in [-0.39, 0.29) is 0 Å². The van der Waals surface area contributed by atoms with Gasteiger partial charge in [-0.2, -0.15) is 8.78 Å². The van der Waals surface area contributed by atoms with Gasteiger partial charge in [-0.15, -0.1) is 0 Å². The van der Waals surface area contributed by atoms with Crippen molar-refractivity contribution in [3.63, 3.8) is 0 Å². The molecule has 1 aromatic carbocycles. The highest BCUT2D eigenvalue weighted by molar-refractivity contribution is 7.99. The summed E-state index contributed by atoms with van der Waals surface area (Å²) in [6, 6.07) is 8.71. The van der Waals surface area contributed by atoms with Gasteiger partial charge in [-0.05, 0) is 32.0 Å². The van der Waals surface area contributed by atoms with Crippen LogP contribution in [0.5, 0.6) is 0 Å². The molecule has 0 amide bonds. The van der Waals surface area contributed by atoms with E-state index in [1.54, 1.807) is 37.3 Å². The Bertz CT molecular complexity index is 607. The molecule has 1 aromatic heterocycles. The molecule has 0 aliphatic rings. The van der Waals surface area contributed by atoms with Gasteiger partial charge in [0.1, 0.15) is 0 Å². The molecule has 0 bridgehead atoms. The standard InChI is InChI=1S/C14H13F2NOS/c1-9-7-11(8-18)10(2)17(9)12-5-3-4-6-13(12)19-14(15)16/h3-8,14H,1-2H3. The predicted molar refractivity (Wildman–Crippen MR) is 72.5 cm³/mol. The van der Waals surface area contributed by atoms with Crippen LogP contribution in [-0.4, -0.2) is 16.6 Å². The zero-order valence-electron chi connectivity index (χ0n) is 10.6. The van der Waals surface area contributed by atoms with E-state index < -0.39 is 5.76 Å². The SMILES string of the molecule is Cc1cc(C=O)c(C)n1-c1ccccc1SC(F)F. The molecule has 0 N–H and O–H groups in total. The second-order valence-corrected chi connectivity index (χ2v) is 5.16. The van der Waals surface area contributed by atoms with E-state index in [2.05, 4.69) is 0 Å². The van der Waals surface area contributed by atoms with Crippen molar-refractivity contribution >= 4 is 18.0 Å². The number of nitrogens with zero attached hydrogens (tertiary/aromatic N) is 1. The van der Waals surface area contributed by atoms with Gasteiger partial charge < -0.3 is 4.57 Å². The van der Waals surface area contributed by atoms with Gasteiger partial charge in [0.2, 0.25) is 0 Å². The summed E-state index contributed by atoms with van der Waals surface area (Å²) in [4.78, 5) is 11.4. The van der Waals surface area contributed by atoms with Crippen molar-refractivity contribution < 1.29 is 13.6 Å². The monoisotopic (exact) mass is 281 g/mol. The number of thioether (sulfide) groups is 1. The fraction of sp³-hybridized carbons (Fsp3) is 0.214. The molecule has 0 spiro atoms. The van der Waals surface area contributed by atoms with Gasteiger partial charge in [0.05, 0.1) is 5.69 Å². The second-order valence-electron chi connectivity index (χ2n) is 4.13. The molecule has 2 rings (SSSR count). The van der Waals surface area contributed by atoms with Gasteiger partial charge in [-0.25, -0.2) is 0 Å². The fourth-order valence-electron chi connectivity index (χ4n) is 2.12. The van der Waals surface area contributed by atoms with Gasteiger partial charge in [0.25, 0.3) is 5.76 Å². The number of para-hydroxylation sites is 1. The van der Waals surface area contributed by atoms with Gasteiger partial charge in [-0.1, -0.05) is 23.9 Å². The van der Waals surface area contributed by atoms with Crippen LogP contribution in [0.2, 0.25) is 0 Å². The first-order valence-corrected chi connectivity index (χ1v) is 6.61. The molecule has 0 fully saturated rings. The molecule has 0 saturated heterocycles. The van der Waals surface area contributed by atoms with Gasteiger partial charge in [0.15, 0.2) is 6.29 Å². The Hall–Kier alpha value is -1.62. The summed E-state index contributed by atoms with van der Waals surface area (Å²) in [5, 5.41) is 0. The van der Waals surface area contributed by atoms with E-state index in [0.29, 0.717) is 27.9 Å². The molecule has 0 aliphatic heterocycles. The summed E-state index contributed by atoms with van der Waals surface area (Å²) in [6.45, 7) is 3.66. The first kappa shape index (κ1) is 13.8. The summed E-state index contributed by atoms with van der Waals surface area (Å²) in [6.07, 6.45) is 0.779. The van der Waals surface area contributed by atoms with Crippen LogP contribution < -0.4 is 0 Å². The molecule has 100 valence electrons. The molecular weight excluding hydrogens is 268 g/mol. The fourth-order valence-corrected chi connectivity index (χ4v) is 2.74. The Morgan fingerprint density at radius 2 is 1.95 bits per heavy atom. The zero-order chi connectivity index (χ0) is 14.0. The van der Waals surface area contributed by atoms with Gasteiger partial charge >= 0.3 is 0 Å². The predicted octanol–water partition coefficient (Wildman–Crippen LogP) is 4.22. The van der Waals surface area contributed by atoms with E-state index in [1.807, 2.05) is 11.5 Å². The summed E-state index contributed by atoms with van der Waals surface area (Å²) >= 11 is 0.512. The maximum atomic E-state index is 12.6. The maximum absolute atomic E-state index is 12.6. The molecule has 0 saturated carbocycles. The lowest BCUT2D eigenvalue weighted by molar-refractivity contribution is 0.112. The lowest BCUT2D eigenvalue weighted by Gasteiger charge is -2.14. The molecule has 2 nitrogen and oxygen atoms in total. The molecule has 0 atom stereocenters. The number of carbonyl (C=O) groups excluding carboxylic acids is 1. The number of carbonyl (C=O) groups is 1. The Balaban J connectivity index is 2.59. The van der Waals surface area contributed by atoms with Crippen LogP contribution in [0.15, 0.2) is 35.2 Å². The van der Waals surface area contributed by atoms with E-state index in [0.717, 1.165) is 17.7 Å². The lowest BCUT2D eigenvalue weighted by Crippen LogP contribution is -2.02. The number of aromatic nitrogens is 1. The Morgan fingerprint density at radius 1 is 1.26 bits per heavy atom. The molecule has 19 heavy (non-hydrogen) atoms. The topological polar surface area (TPSA) is 22.0 Å². The van der Waals surface area contributed by atoms with E-state index in [9.17, 15) is 13.6 Å². The summed E-state index contributed by atoms with van der Waals surface area (Å²) in [7, 11) is 0. The molecule has 1 heterocycles.